The third-order valence-corrected chi connectivity index (χ3v) is 3.56. The van der Waals surface area contributed by atoms with E-state index in [1.54, 1.807) is 0 Å². The zero-order valence-corrected chi connectivity index (χ0v) is 10.6. The highest BCUT2D eigenvalue weighted by Gasteiger charge is 2.17. The summed E-state index contributed by atoms with van der Waals surface area (Å²) in [6.07, 6.45) is -2.62. The van der Waals surface area contributed by atoms with Crippen LogP contribution in [0.5, 0.6) is 0 Å². The molecule has 0 aliphatic rings. The number of hydrogen-bond donors (Lipinski definition) is 2. The SMILES string of the molecule is Nc1ccc(F)cc1S(=O)(=O)NCCOCC(F)F. The summed E-state index contributed by atoms with van der Waals surface area (Å²) < 4.78 is 66.5. The molecule has 0 aromatic heterocycles. The maximum absolute atomic E-state index is 13.0. The van der Waals surface area contributed by atoms with Gasteiger partial charge in [-0.05, 0) is 18.2 Å². The smallest absolute Gasteiger partial charge is 0.261 e. The lowest BCUT2D eigenvalue weighted by Crippen LogP contribution is -2.28. The Morgan fingerprint density at radius 2 is 2.05 bits per heavy atom. The average Bonchev–Trinajstić information content (AvgIpc) is 2.31. The minimum atomic E-state index is -4.00. The van der Waals surface area contributed by atoms with Gasteiger partial charge < -0.3 is 10.5 Å². The molecule has 0 spiro atoms. The number of halogens is 3. The largest absolute Gasteiger partial charge is 0.398 e. The van der Waals surface area contributed by atoms with E-state index in [1.807, 2.05) is 0 Å². The molecular weight excluding hydrogens is 285 g/mol. The van der Waals surface area contributed by atoms with E-state index in [2.05, 4.69) is 9.46 Å². The Morgan fingerprint density at radius 3 is 2.68 bits per heavy atom. The van der Waals surface area contributed by atoms with Crippen LogP contribution in [0.2, 0.25) is 0 Å². The van der Waals surface area contributed by atoms with Gasteiger partial charge in [0.25, 0.3) is 6.43 Å². The molecule has 108 valence electrons. The first-order valence-corrected chi connectivity index (χ1v) is 6.72. The molecule has 0 heterocycles. The van der Waals surface area contributed by atoms with Crippen molar-refractivity contribution in [2.75, 3.05) is 25.5 Å². The van der Waals surface area contributed by atoms with Crippen LogP contribution in [0.25, 0.3) is 0 Å². The van der Waals surface area contributed by atoms with Gasteiger partial charge in [-0.1, -0.05) is 0 Å². The molecule has 0 aliphatic heterocycles. The Labute approximate surface area is 108 Å². The summed E-state index contributed by atoms with van der Waals surface area (Å²) in [6.45, 7) is -1.21. The van der Waals surface area contributed by atoms with Gasteiger partial charge in [0.15, 0.2) is 0 Å². The fourth-order valence-corrected chi connectivity index (χ4v) is 2.39. The number of nitrogens with two attached hydrogens (primary N) is 1. The number of alkyl halides is 2. The number of benzene rings is 1. The summed E-state index contributed by atoms with van der Waals surface area (Å²) in [7, 11) is -4.00. The van der Waals surface area contributed by atoms with Crippen LogP contribution in [-0.2, 0) is 14.8 Å². The van der Waals surface area contributed by atoms with E-state index in [1.165, 1.54) is 0 Å². The second-order valence-electron chi connectivity index (χ2n) is 3.55. The zero-order valence-electron chi connectivity index (χ0n) is 9.77. The molecule has 0 aliphatic carbocycles. The highest BCUT2D eigenvalue weighted by molar-refractivity contribution is 7.89. The Balaban J connectivity index is 2.59. The third-order valence-electron chi connectivity index (χ3n) is 2.05. The fourth-order valence-electron chi connectivity index (χ4n) is 1.24. The number of nitrogen functional groups attached to an aromatic ring is 1. The average molecular weight is 298 g/mol. The lowest BCUT2D eigenvalue weighted by molar-refractivity contribution is 0.0199. The van der Waals surface area contributed by atoms with E-state index in [4.69, 9.17) is 5.73 Å². The van der Waals surface area contributed by atoms with Gasteiger partial charge in [-0.2, -0.15) is 0 Å². The topological polar surface area (TPSA) is 81.4 Å². The van der Waals surface area contributed by atoms with Crippen molar-refractivity contribution in [1.29, 1.82) is 0 Å². The molecule has 1 aromatic carbocycles. The molecule has 0 saturated carbocycles. The Hall–Kier alpha value is -1.32. The molecule has 19 heavy (non-hydrogen) atoms. The van der Waals surface area contributed by atoms with E-state index < -0.39 is 33.8 Å². The molecule has 0 bridgehead atoms. The minimum absolute atomic E-state index is 0.109. The molecule has 0 radical (unpaired) electrons. The summed E-state index contributed by atoms with van der Waals surface area (Å²) in [4.78, 5) is -0.402. The zero-order chi connectivity index (χ0) is 14.5. The first-order chi connectivity index (χ1) is 8.83. The molecule has 3 N–H and O–H groups in total. The summed E-state index contributed by atoms with van der Waals surface area (Å²) in [6, 6.07) is 2.93. The summed E-state index contributed by atoms with van der Waals surface area (Å²) >= 11 is 0. The van der Waals surface area contributed by atoms with Crippen LogP contribution >= 0.6 is 0 Å². The van der Waals surface area contributed by atoms with E-state index in [-0.39, 0.29) is 18.8 Å². The summed E-state index contributed by atoms with van der Waals surface area (Å²) in [5.41, 5.74) is 5.32. The van der Waals surface area contributed by atoms with Gasteiger partial charge in [0, 0.05) is 6.54 Å². The minimum Gasteiger partial charge on any atom is -0.398 e. The van der Waals surface area contributed by atoms with Gasteiger partial charge in [-0.3, -0.25) is 0 Å². The van der Waals surface area contributed by atoms with Gasteiger partial charge >= 0.3 is 0 Å². The van der Waals surface area contributed by atoms with Crippen LogP contribution in [0.1, 0.15) is 0 Å². The second-order valence-corrected chi connectivity index (χ2v) is 5.28. The molecule has 1 rings (SSSR count). The number of nitrogens with one attached hydrogen (secondary N) is 1. The first-order valence-electron chi connectivity index (χ1n) is 5.23. The molecule has 0 atom stereocenters. The second kappa shape index (κ2) is 6.73. The first kappa shape index (κ1) is 15.7. The van der Waals surface area contributed by atoms with Crippen molar-refractivity contribution in [2.45, 2.75) is 11.3 Å². The number of anilines is 1. The van der Waals surface area contributed by atoms with Gasteiger partial charge in [0.2, 0.25) is 10.0 Å². The molecule has 0 unspecified atom stereocenters. The van der Waals surface area contributed by atoms with Gasteiger partial charge in [-0.25, -0.2) is 26.3 Å². The molecule has 5 nitrogen and oxygen atoms in total. The maximum Gasteiger partial charge on any atom is 0.261 e. The predicted octanol–water partition coefficient (Wildman–Crippen LogP) is 0.968. The van der Waals surface area contributed by atoms with E-state index in [9.17, 15) is 21.6 Å². The molecule has 1 aromatic rings. The maximum atomic E-state index is 13.0. The molecule has 0 saturated heterocycles. The summed E-state index contributed by atoms with van der Waals surface area (Å²) in [5.74, 6) is -0.747. The lowest BCUT2D eigenvalue weighted by atomic mass is 10.3. The highest BCUT2D eigenvalue weighted by atomic mass is 32.2. The van der Waals surface area contributed by atoms with Crippen molar-refractivity contribution in [3.63, 3.8) is 0 Å². The van der Waals surface area contributed by atoms with Crippen molar-refractivity contribution >= 4 is 15.7 Å². The Kier molecular flexibility index (Phi) is 5.58. The van der Waals surface area contributed by atoms with Crippen LogP contribution in [0.15, 0.2) is 23.1 Å². The molecular formula is C10H13F3N2O3S. The number of hydrogen-bond acceptors (Lipinski definition) is 4. The van der Waals surface area contributed by atoms with Crippen LogP contribution in [0.3, 0.4) is 0 Å². The predicted molar refractivity (Wildman–Crippen MR) is 62.8 cm³/mol. The highest BCUT2D eigenvalue weighted by Crippen LogP contribution is 2.18. The van der Waals surface area contributed by atoms with Crippen molar-refractivity contribution < 1.29 is 26.3 Å². The third kappa shape index (κ3) is 5.05. The van der Waals surface area contributed by atoms with Crippen LogP contribution in [0.4, 0.5) is 18.9 Å². The number of rotatable bonds is 7. The van der Waals surface area contributed by atoms with Crippen LogP contribution in [0, 0.1) is 5.82 Å². The van der Waals surface area contributed by atoms with E-state index in [0.29, 0.717) is 0 Å². The van der Waals surface area contributed by atoms with Crippen molar-refractivity contribution in [3.8, 4) is 0 Å². The standard InChI is InChI=1S/C10H13F3N2O3S/c11-7-1-2-8(14)9(5-7)19(16,17)15-3-4-18-6-10(12)13/h1-2,5,10,15H,3-4,6,14H2. The van der Waals surface area contributed by atoms with Gasteiger partial charge in [0.1, 0.15) is 17.3 Å². The number of sulfonamides is 1. The Morgan fingerprint density at radius 1 is 1.37 bits per heavy atom. The normalized spacial score (nSPS) is 12.0. The molecule has 0 amide bonds. The van der Waals surface area contributed by atoms with E-state index >= 15 is 0 Å². The van der Waals surface area contributed by atoms with Crippen molar-refractivity contribution in [2.24, 2.45) is 0 Å². The fraction of sp³-hybridized carbons (Fsp3) is 0.400. The summed E-state index contributed by atoms with van der Waals surface area (Å²) in [5, 5.41) is 0. The van der Waals surface area contributed by atoms with E-state index in [0.717, 1.165) is 18.2 Å². The molecule has 9 heteroatoms. The van der Waals surface area contributed by atoms with Crippen molar-refractivity contribution in [3.05, 3.63) is 24.0 Å². The number of ether oxygens (including phenoxy) is 1. The monoisotopic (exact) mass is 298 g/mol. The Bertz CT molecular complexity index is 523. The van der Waals surface area contributed by atoms with Crippen LogP contribution < -0.4 is 10.5 Å². The van der Waals surface area contributed by atoms with Crippen molar-refractivity contribution in [1.82, 2.24) is 4.72 Å². The quantitative estimate of drug-likeness (QED) is 0.580. The lowest BCUT2D eigenvalue weighted by Gasteiger charge is -2.09. The van der Waals surface area contributed by atoms with Gasteiger partial charge in [-0.15, -0.1) is 0 Å². The van der Waals surface area contributed by atoms with Crippen LogP contribution in [-0.4, -0.2) is 34.6 Å². The molecule has 0 fully saturated rings. The van der Waals surface area contributed by atoms with Gasteiger partial charge in [0.05, 0.1) is 12.3 Å².